The third-order valence-corrected chi connectivity index (χ3v) is 3.50. The minimum Gasteiger partial charge on any atom is -0.316 e. The third kappa shape index (κ3) is 3.80. The number of hydrogen-bond donors (Lipinski definition) is 1. The van der Waals surface area contributed by atoms with Crippen LogP contribution < -0.4 is 5.32 Å². The van der Waals surface area contributed by atoms with E-state index < -0.39 is 0 Å². The number of thiophene rings is 1. The highest BCUT2D eigenvalue weighted by molar-refractivity contribution is 7.09. The Morgan fingerprint density at radius 2 is 1.69 bits per heavy atom. The van der Waals surface area contributed by atoms with Crippen molar-refractivity contribution in [1.29, 1.82) is 0 Å². The van der Waals surface area contributed by atoms with Crippen LogP contribution in [0.3, 0.4) is 0 Å². The first kappa shape index (κ1) is 11.4. The molecule has 0 radical (unpaired) electrons. The van der Waals surface area contributed by atoms with E-state index in [-0.39, 0.29) is 0 Å². The summed E-state index contributed by atoms with van der Waals surface area (Å²) in [5.74, 6) is 0. The lowest BCUT2D eigenvalue weighted by molar-refractivity contribution is 0.685. The number of benzene rings is 1. The van der Waals surface area contributed by atoms with Crippen molar-refractivity contribution in [3.8, 4) is 0 Å². The second-order valence-electron chi connectivity index (χ2n) is 3.81. The summed E-state index contributed by atoms with van der Waals surface area (Å²) in [5.41, 5.74) is 1.41. The molecule has 16 heavy (non-hydrogen) atoms. The van der Waals surface area contributed by atoms with Crippen molar-refractivity contribution in [1.82, 2.24) is 5.32 Å². The smallest absolute Gasteiger partial charge is 0.00578 e. The van der Waals surface area contributed by atoms with Gasteiger partial charge in [0.1, 0.15) is 0 Å². The van der Waals surface area contributed by atoms with Crippen LogP contribution in [0, 0.1) is 0 Å². The van der Waals surface area contributed by atoms with E-state index >= 15 is 0 Å². The fraction of sp³-hybridized carbons (Fsp3) is 0.286. The van der Waals surface area contributed by atoms with Gasteiger partial charge in [-0.2, -0.15) is 0 Å². The highest BCUT2D eigenvalue weighted by Gasteiger charge is 1.94. The predicted octanol–water partition coefficient (Wildman–Crippen LogP) is 3.12. The van der Waals surface area contributed by atoms with E-state index in [4.69, 9.17) is 0 Å². The zero-order chi connectivity index (χ0) is 11.1. The lowest BCUT2D eigenvalue weighted by Crippen LogP contribution is -2.19. The summed E-state index contributed by atoms with van der Waals surface area (Å²) in [5, 5.41) is 5.62. The zero-order valence-electron chi connectivity index (χ0n) is 9.36. The second-order valence-corrected chi connectivity index (χ2v) is 4.85. The maximum absolute atomic E-state index is 3.48. The van der Waals surface area contributed by atoms with Gasteiger partial charge in [0, 0.05) is 4.88 Å². The molecule has 84 valence electrons. The van der Waals surface area contributed by atoms with Crippen molar-refractivity contribution in [2.75, 3.05) is 13.1 Å². The van der Waals surface area contributed by atoms with E-state index in [0.717, 1.165) is 25.9 Å². The Hall–Kier alpha value is -1.12. The molecule has 2 aromatic rings. The van der Waals surface area contributed by atoms with Gasteiger partial charge in [-0.15, -0.1) is 11.3 Å². The van der Waals surface area contributed by atoms with Crippen LogP contribution in [-0.2, 0) is 12.8 Å². The monoisotopic (exact) mass is 231 g/mol. The fourth-order valence-electron chi connectivity index (χ4n) is 1.67. The molecule has 0 atom stereocenters. The first-order valence-corrected chi connectivity index (χ1v) is 6.60. The quantitative estimate of drug-likeness (QED) is 0.753. The molecular weight excluding hydrogens is 214 g/mol. The molecule has 0 saturated heterocycles. The van der Waals surface area contributed by atoms with Crippen LogP contribution >= 0.6 is 11.3 Å². The van der Waals surface area contributed by atoms with Gasteiger partial charge in [0.25, 0.3) is 0 Å². The van der Waals surface area contributed by atoms with Crippen molar-refractivity contribution in [2.24, 2.45) is 0 Å². The number of rotatable bonds is 6. The summed E-state index contributed by atoms with van der Waals surface area (Å²) in [6.07, 6.45) is 2.26. The molecule has 2 heteroatoms. The second kappa shape index (κ2) is 6.46. The normalized spacial score (nSPS) is 10.5. The first-order chi connectivity index (χ1) is 7.95. The molecule has 0 unspecified atom stereocenters. The zero-order valence-corrected chi connectivity index (χ0v) is 10.2. The fourth-order valence-corrected chi connectivity index (χ4v) is 2.38. The van der Waals surface area contributed by atoms with Gasteiger partial charge in [-0.3, -0.25) is 0 Å². The van der Waals surface area contributed by atoms with Gasteiger partial charge in [0.2, 0.25) is 0 Å². The van der Waals surface area contributed by atoms with Gasteiger partial charge >= 0.3 is 0 Å². The number of hydrogen-bond acceptors (Lipinski definition) is 2. The SMILES string of the molecule is c1ccc(CCNCCc2cccs2)cc1. The molecule has 0 bridgehead atoms. The van der Waals surface area contributed by atoms with Crippen LogP contribution in [0.1, 0.15) is 10.4 Å². The minimum atomic E-state index is 1.06. The van der Waals surface area contributed by atoms with E-state index in [1.165, 1.54) is 10.4 Å². The molecule has 0 aliphatic heterocycles. The average molecular weight is 231 g/mol. The third-order valence-electron chi connectivity index (χ3n) is 2.56. The first-order valence-electron chi connectivity index (χ1n) is 5.72. The molecule has 1 N–H and O–H groups in total. The van der Waals surface area contributed by atoms with Crippen LogP contribution in [0.5, 0.6) is 0 Å². The van der Waals surface area contributed by atoms with Gasteiger partial charge < -0.3 is 5.32 Å². The topological polar surface area (TPSA) is 12.0 Å². The number of nitrogens with one attached hydrogen (secondary N) is 1. The Morgan fingerprint density at radius 3 is 2.44 bits per heavy atom. The Labute approximate surface area is 101 Å². The summed E-state index contributed by atoms with van der Waals surface area (Å²) in [4.78, 5) is 1.47. The standard InChI is InChI=1S/C14H17NS/c1-2-5-13(6-3-1)8-10-15-11-9-14-7-4-12-16-14/h1-7,12,15H,8-11H2. The molecular formula is C14H17NS. The van der Waals surface area contributed by atoms with Crippen LogP contribution in [0.25, 0.3) is 0 Å². The minimum absolute atomic E-state index is 1.06. The molecule has 1 aromatic heterocycles. The lowest BCUT2D eigenvalue weighted by Gasteiger charge is -2.03. The Kier molecular flexibility index (Phi) is 4.59. The predicted molar refractivity (Wildman–Crippen MR) is 71.0 cm³/mol. The summed E-state index contributed by atoms with van der Waals surface area (Å²) >= 11 is 1.84. The van der Waals surface area contributed by atoms with Gasteiger partial charge in [-0.1, -0.05) is 36.4 Å². The summed E-state index contributed by atoms with van der Waals surface area (Å²) in [6.45, 7) is 2.14. The largest absolute Gasteiger partial charge is 0.316 e. The molecule has 1 nitrogen and oxygen atoms in total. The molecule has 0 aliphatic carbocycles. The summed E-state index contributed by atoms with van der Waals surface area (Å²) < 4.78 is 0. The van der Waals surface area contributed by atoms with Crippen molar-refractivity contribution >= 4 is 11.3 Å². The van der Waals surface area contributed by atoms with Gasteiger partial charge in [-0.05, 0) is 42.9 Å². The van der Waals surface area contributed by atoms with Crippen LogP contribution in [0.2, 0.25) is 0 Å². The molecule has 0 amide bonds. The maximum atomic E-state index is 3.48. The van der Waals surface area contributed by atoms with Gasteiger partial charge in [0.05, 0.1) is 0 Å². The molecule has 1 heterocycles. The Morgan fingerprint density at radius 1 is 0.875 bits per heavy atom. The Bertz CT molecular complexity index is 380. The van der Waals surface area contributed by atoms with E-state index in [0.29, 0.717) is 0 Å². The highest BCUT2D eigenvalue weighted by atomic mass is 32.1. The van der Waals surface area contributed by atoms with E-state index in [1.54, 1.807) is 0 Å². The lowest BCUT2D eigenvalue weighted by atomic mass is 10.1. The van der Waals surface area contributed by atoms with Gasteiger partial charge in [0.15, 0.2) is 0 Å². The van der Waals surface area contributed by atoms with Crippen molar-refractivity contribution in [3.05, 3.63) is 58.3 Å². The van der Waals surface area contributed by atoms with Gasteiger partial charge in [-0.25, -0.2) is 0 Å². The van der Waals surface area contributed by atoms with Crippen molar-refractivity contribution in [2.45, 2.75) is 12.8 Å². The average Bonchev–Trinajstić information content (AvgIpc) is 2.83. The molecule has 1 aromatic carbocycles. The summed E-state index contributed by atoms with van der Waals surface area (Å²) in [6, 6.07) is 14.9. The van der Waals surface area contributed by atoms with E-state index in [9.17, 15) is 0 Å². The van der Waals surface area contributed by atoms with Crippen LogP contribution in [0.4, 0.5) is 0 Å². The maximum Gasteiger partial charge on any atom is 0.00578 e. The molecule has 2 rings (SSSR count). The molecule has 0 aliphatic rings. The van der Waals surface area contributed by atoms with Crippen LogP contribution in [0.15, 0.2) is 47.8 Å². The summed E-state index contributed by atoms with van der Waals surface area (Å²) in [7, 11) is 0. The highest BCUT2D eigenvalue weighted by Crippen LogP contribution is 2.08. The van der Waals surface area contributed by atoms with Crippen LogP contribution in [-0.4, -0.2) is 13.1 Å². The van der Waals surface area contributed by atoms with Crippen molar-refractivity contribution < 1.29 is 0 Å². The molecule has 0 spiro atoms. The Balaban J connectivity index is 1.59. The molecule has 0 fully saturated rings. The molecule has 0 saturated carbocycles. The van der Waals surface area contributed by atoms with E-state index in [1.807, 2.05) is 11.3 Å². The van der Waals surface area contributed by atoms with Crippen molar-refractivity contribution in [3.63, 3.8) is 0 Å². The van der Waals surface area contributed by atoms with E-state index in [2.05, 4.69) is 53.2 Å².